The fourth-order valence-electron chi connectivity index (χ4n) is 15.0. The third-order valence-electron chi connectivity index (χ3n) is 21.0. The molecular weight excluding hydrogens is 1480 g/mol. The van der Waals surface area contributed by atoms with Crippen molar-refractivity contribution in [2.45, 2.75) is 189 Å². The van der Waals surface area contributed by atoms with Crippen LogP contribution in [0.2, 0.25) is 0 Å². The van der Waals surface area contributed by atoms with E-state index in [0.29, 0.717) is 6.61 Å². The Balaban J connectivity index is 0.774. The van der Waals surface area contributed by atoms with Crippen LogP contribution in [0, 0.1) is 0 Å². The second-order valence-electron chi connectivity index (χ2n) is 29.4. The highest BCUT2D eigenvalue weighted by molar-refractivity contribution is 5.21. The van der Waals surface area contributed by atoms with Crippen molar-refractivity contribution in [1.82, 2.24) is 0 Å². The lowest BCUT2D eigenvalue weighted by Gasteiger charge is -2.31. The first-order chi connectivity index (χ1) is 57.3. The van der Waals surface area contributed by atoms with E-state index >= 15 is 0 Å². The average molecular weight is 1580 g/mol. The van der Waals surface area contributed by atoms with Crippen LogP contribution in [0.1, 0.15) is 55.6 Å². The SMILES string of the molecule is O[C@@H]1[C@@H](O[C@H]2[C@H](OCc3ccccc3)[C@@H](OC[C@H]3O[C@H](O)[C@@H](OCc4ccccc4)[C@@H]3OCc3ccccc3)O[C@@H]2CO[C@H]2O[C@H](COCc3ccccc3)[C@@H](OCc3ccccc3)[C@@H]2O[C@@H]2O[C@H](COCc3ccccc3)[C@@H](OCc3ccccc3)[C@@H]2OCc2ccccc2)O[C@H](COCc2ccccc2)[C@H]1OCc1ccccc1. The molecule has 0 saturated carbocycles. The van der Waals surface area contributed by atoms with Crippen LogP contribution in [-0.2, 0) is 156 Å². The van der Waals surface area contributed by atoms with E-state index in [-0.39, 0.29) is 92.5 Å². The molecule has 5 aliphatic heterocycles. The van der Waals surface area contributed by atoms with E-state index in [1.165, 1.54) is 0 Å². The van der Waals surface area contributed by atoms with Crippen LogP contribution < -0.4 is 0 Å². The summed E-state index contributed by atoms with van der Waals surface area (Å²) in [6.45, 7) is 1.62. The molecule has 0 radical (unpaired) electrons. The normalized spacial score (nSPS) is 27.7. The Morgan fingerprint density at radius 1 is 0.190 bits per heavy atom. The second kappa shape index (κ2) is 43.2. The van der Waals surface area contributed by atoms with Gasteiger partial charge in [0.05, 0.1) is 99.1 Å². The van der Waals surface area contributed by atoms with Crippen molar-refractivity contribution in [3.8, 4) is 0 Å². The molecule has 0 aliphatic carbocycles. The van der Waals surface area contributed by atoms with Crippen molar-refractivity contribution in [2.75, 3.05) is 33.0 Å². The van der Waals surface area contributed by atoms with E-state index in [2.05, 4.69) is 0 Å². The Labute approximate surface area is 677 Å². The number of aliphatic hydroxyl groups is 2. The third kappa shape index (κ3) is 23.2. The molecule has 0 amide bonds. The summed E-state index contributed by atoms with van der Waals surface area (Å²) in [4.78, 5) is 0. The van der Waals surface area contributed by atoms with Crippen LogP contribution in [0.4, 0.5) is 0 Å². The maximum Gasteiger partial charge on any atom is 0.187 e. The van der Waals surface area contributed by atoms with Gasteiger partial charge in [-0.25, -0.2) is 0 Å². The van der Waals surface area contributed by atoms with Crippen molar-refractivity contribution >= 4 is 0 Å². The number of hydrogen-bond donors (Lipinski definition) is 2. The van der Waals surface area contributed by atoms with Crippen molar-refractivity contribution in [3.05, 3.63) is 359 Å². The van der Waals surface area contributed by atoms with Gasteiger partial charge in [0.15, 0.2) is 31.5 Å². The molecule has 0 bridgehead atoms. The monoisotopic (exact) mass is 1580 g/mol. The lowest BCUT2D eigenvalue weighted by Crippen LogP contribution is -2.47. The molecule has 10 aromatic rings. The van der Waals surface area contributed by atoms with E-state index in [4.69, 9.17) is 90.0 Å². The number of benzene rings is 10. The standard InChI is InChI=1S/C95H102O21/c96-81-82(101-54-69-37-17-4-18-38-69)76(61-98-51-66-31-11-1-12-32-66)111-92(81)115-86-80(113-93(89(86)107-60-75-49-29-10-30-50-75)108-64-79-83(102-55-70-39-19-5-20-40-70)87(91(97)110-79)105-58-73-45-25-8-26-46-73)65-109-94-90(85(104-57-72-43-23-7-24-44-72)78(112-94)63-100-53-68-35-15-3-16-36-68)116-95-88(106-59-74-47-27-9-28-48-74)84(103-56-71-41-21-6-22-42-71)77(114-95)62-99-52-67-33-13-2-14-34-67/h1-50,76-97H,51-65H2/t76-,77-,78-,79-,80-,81+,82-,83-,84-,85-,86-,87+,88+,89+,90+,91+,92-,93+,94+,95+/m1/s1. The van der Waals surface area contributed by atoms with Gasteiger partial charge in [0.2, 0.25) is 0 Å². The van der Waals surface area contributed by atoms with Crippen molar-refractivity contribution in [1.29, 1.82) is 0 Å². The zero-order valence-corrected chi connectivity index (χ0v) is 64.7. The Kier molecular flexibility index (Phi) is 30.7. The Bertz CT molecular complexity index is 4370. The first kappa shape index (κ1) is 82.5. The highest BCUT2D eigenvalue weighted by atomic mass is 16.8. The molecule has 21 heteroatoms. The summed E-state index contributed by atoms with van der Waals surface area (Å²) in [6.07, 6.45) is -21.0. The van der Waals surface area contributed by atoms with E-state index in [9.17, 15) is 10.2 Å². The predicted octanol–water partition coefficient (Wildman–Crippen LogP) is 13.5. The molecule has 5 fully saturated rings. The Morgan fingerprint density at radius 3 is 0.759 bits per heavy atom. The molecule has 0 aromatic heterocycles. The van der Waals surface area contributed by atoms with Crippen molar-refractivity contribution in [3.63, 3.8) is 0 Å². The van der Waals surface area contributed by atoms with Crippen molar-refractivity contribution < 1.29 is 100 Å². The fraction of sp³-hybridized carbons (Fsp3) is 0.368. The first-order valence-electron chi connectivity index (χ1n) is 40.0. The van der Waals surface area contributed by atoms with E-state index in [1.807, 2.05) is 303 Å². The van der Waals surface area contributed by atoms with Gasteiger partial charge in [0.25, 0.3) is 0 Å². The van der Waals surface area contributed by atoms with Gasteiger partial charge in [-0.2, -0.15) is 0 Å². The predicted molar refractivity (Wildman–Crippen MR) is 427 cm³/mol. The quantitative estimate of drug-likeness (QED) is 0.0363. The first-order valence-corrected chi connectivity index (χ1v) is 40.0. The Hall–Kier alpha value is -8.64. The topological polar surface area (TPSA) is 216 Å². The number of hydrogen-bond acceptors (Lipinski definition) is 21. The molecule has 0 unspecified atom stereocenters. The zero-order chi connectivity index (χ0) is 78.7. The lowest BCUT2D eigenvalue weighted by molar-refractivity contribution is -0.264. The number of aliphatic hydroxyl groups excluding tert-OH is 2. The van der Waals surface area contributed by atoms with Gasteiger partial charge in [0, 0.05) is 0 Å². The minimum absolute atomic E-state index is 0.0316. The molecule has 2 N–H and O–H groups in total. The molecule has 5 saturated heterocycles. The summed E-state index contributed by atoms with van der Waals surface area (Å²) < 4.78 is 132. The van der Waals surface area contributed by atoms with Gasteiger partial charge in [0.1, 0.15) is 91.6 Å². The molecule has 608 valence electrons. The summed E-state index contributed by atoms with van der Waals surface area (Å²) >= 11 is 0. The molecule has 20 atom stereocenters. The lowest BCUT2D eigenvalue weighted by atomic mass is 10.1. The minimum Gasteiger partial charge on any atom is -0.385 e. The second-order valence-corrected chi connectivity index (χ2v) is 29.4. The van der Waals surface area contributed by atoms with Gasteiger partial charge in [-0.3, -0.25) is 0 Å². The fourth-order valence-corrected chi connectivity index (χ4v) is 15.0. The van der Waals surface area contributed by atoms with Crippen LogP contribution in [0.5, 0.6) is 0 Å². The van der Waals surface area contributed by atoms with Crippen LogP contribution in [-0.4, -0.2) is 166 Å². The summed E-state index contributed by atoms with van der Waals surface area (Å²) in [6, 6.07) is 98.3. The molecule has 0 spiro atoms. The van der Waals surface area contributed by atoms with Gasteiger partial charge in [-0.05, 0) is 55.6 Å². The average Bonchev–Trinajstić information content (AvgIpc) is 1.64. The van der Waals surface area contributed by atoms with E-state index in [1.54, 1.807) is 0 Å². The minimum atomic E-state index is -1.41. The number of ether oxygens (including phenoxy) is 19. The van der Waals surface area contributed by atoms with Gasteiger partial charge in [-0.15, -0.1) is 0 Å². The molecular formula is C95H102O21. The molecule has 15 rings (SSSR count). The Morgan fingerprint density at radius 2 is 0.414 bits per heavy atom. The molecule has 10 aromatic carbocycles. The van der Waals surface area contributed by atoms with Crippen LogP contribution in [0.25, 0.3) is 0 Å². The summed E-state index contributed by atoms with van der Waals surface area (Å²) in [5.41, 5.74) is 9.18. The smallest absolute Gasteiger partial charge is 0.187 e. The maximum absolute atomic E-state index is 12.8. The van der Waals surface area contributed by atoms with Gasteiger partial charge >= 0.3 is 0 Å². The zero-order valence-electron chi connectivity index (χ0n) is 64.7. The van der Waals surface area contributed by atoms with E-state index in [0.717, 1.165) is 55.6 Å². The highest BCUT2D eigenvalue weighted by Crippen LogP contribution is 2.40. The number of rotatable bonds is 43. The maximum atomic E-state index is 12.8. The van der Waals surface area contributed by atoms with Gasteiger partial charge in [-0.1, -0.05) is 303 Å². The van der Waals surface area contributed by atoms with Gasteiger partial charge < -0.3 is 100 Å². The molecule has 21 nitrogen and oxygen atoms in total. The molecule has 5 aliphatic rings. The van der Waals surface area contributed by atoms with Crippen LogP contribution in [0.3, 0.4) is 0 Å². The summed E-state index contributed by atoms with van der Waals surface area (Å²) in [7, 11) is 0. The largest absolute Gasteiger partial charge is 0.385 e. The molecule has 116 heavy (non-hydrogen) atoms. The van der Waals surface area contributed by atoms with Crippen LogP contribution >= 0.6 is 0 Å². The summed E-state index contributed by atoms with van der Waals surface area (Å²) in [5, 5.41) is 24.7. The molecule has 5 heterocycles. The van der Waals surface area contributed by atoms with Crippen LogP contribution in [0.15, 0.2) is 303 Å². The highest BCUT2D eigenvalue weighted by Gasteiger charge is 2.57. The summed E-state index contributed by atoms with van der Waals surface area (Å²) in [5.74, 6) is 0. The van der Waals surface area contributed by atoms with E-state index < -0.39 is 123 Å². The van der Waals surface area contributed by atoms with Crippen molar-refractivity contribution in [2.24, 2.45) is 0 Å². The third-order valence-corrected chi connectivity index (χ3v) is 21.0.